The molecule has 0 fully saturated rings. The van der Waals surface area contributed by atoms with Crippen molar-refractivity contribution in [2.75, 3.05) is 5.73 Å². The summed E-state index contributed by atoms with van der Waals surface area (Å²) >= 11 is 2.98. The number of fused-ring (bicyclic) bond motifs is 1. The highest BCUT2D eigenvalue weighted by Gasteiger charge is 2.09. The van der Waals surface area contributed by atoms with Gasteiger partial charge in [-0.05, 0) is 24.6 Å². The number of benzene rings is 1. The summed E-state index contributed by atoms with van der Waals surface area (Å²) in [4.78, 5) is 20.8. The lowest BCUT2D eigenvalue weighted by atomic mass is 10.2. The molecule has 2 heterocycles. The molecule has 7 heteroatoms. The minimum Gasteiger partial charge on any atom is -0.375 e. The van der Waals surface area contributed by atoms with Crippen LogP contribution in [0.2, 0.25) is 0 Å². The van der Waals surface area contributed by atoms with Crippen molar-refractivity contribution in [3.05, 3.63) is 39.8 Å². The number of carbonyl (C=O) groups is 1. The first-order valence-corrected chi connectivity index (χ1v) is 8.23. The van der Waals surface area contributed by atoms with E-state index in [9.17, 15) is 4.79 Å². The Hall–Kier alpha value is -1.99. The van der Waals surface area contributed by atoms with E-state index >= 15 is 0 Å². The van der Waals surface area contributed by atoms with Gasteiger partial charge in [-0.2, -0.15) is 0 Å². The summed E-state index contributed by atoms with van der Waals surface area (Å²) in [6, 6.07) is 5.42. The van der Waals surface area contributed by atoms with E-state index in [2.05, 4.69) is 22.2 Å². The minimum atomic E-state index is -0.128. The standard InChI is InChI=1S/C14H14N4OS2/c1-2-9-7-20-12(17-9)6-16-13(19)8-3-4-11-10(5-8)18-14(15)21-11/h3-5,7H,2,6H2,1H3,(H2,15,18)(H,16,19). The molecule has 0 saturated heterocycles. The molecule has 5 nitrogen and oxygen atoms in total. The third-order valence-electron chi connectivity index (χ3n) is 3.03. The van der Waals surface area contributed by atoms with E-state index in [1.807, 2.05) is 11.4 Å². The van der Waals surface area contributed by atoms with Crippen LogP contribution in [0.3, 0.4) is 0 Å². The second-order valence-electron chi connectivity index (χ2n) is 4.50. The Kier molecular flexibility index (Phi) is 3.85. The molecule has 0 radical (unpaired) electrons. The number of carbonyl (C=O) groups excluding carboxylic acids is 1. The monoisotopic (exact) mass is 318 g/mol. The van der Waals surface area contributed by atoms with Gasteiger partial charge in [-0.25, -0.2) is 9.97 Å². The molecule has 1 aromatic carbocycles. The van der Waals surface area contributed by atoms with Gasteiger partial charge in [0.15, 0.2) is 5.13 Å². The molecule has 0 unspecified atom stereocenters. The summed E-state index contributed by atoms with van der Waals surface area (Å²) < 4.78 is 0.983. The maximum Gasteiger partial charge on any atom is 0.251 e. The van der Waals surface area contributed by atoms with Crippen molar-refractivity contribution in [2.24, 2.45) is 0 Å². The Morgan fingerprint density at radius 1 is 1.38 bits per heavy atom. The van der Waals surface area contributed by atoms with E-state index in [1.54, 1.807) is 23.5 Å². The molecule has 0 aliphatic carbocycles. The molecule has 3 aromatic rings. The first-order valence-electron chi connectivity index (χ1n) is 6.53. The van der Waals surface area contributed by atoms with Crippen molar-refractivity contribution in [3.8, 4) is 0 Å². The van der Waals surface area contributed by atoms with Crippen LogP contribution in [-0.2, 0) is 13.0 Å². The quantitative estimate of drug-likeness (QED) is 0.775. The van der Waals surface area contributed by atoms with Crippen molar-refractivity contribution in [1.29, 1.82) is 0 Å². The molecule has 3 rings (SSSR count). The predicted molar refractivity (Wildman–Crippen MR) is 86.7 cm³/mol. The fourth-order valence-electron chi connectivity index (χ4n) is 1.94. The van der Waals surface area contributed by atoms with Gasteiger partial charge in [0.05, 0.1) is 22.5 Å². The third kappa shape index (κ3) is 3.03. The van der Waals surface area contributed by atoms with E-state index in [-0.39, 0.29) is 5.91 Å². The van der Waals surface area contributed by atoms with Crippen LogP contribution >= 0.6 is 22.7 Å². The number of anilines is 1. The second kappa shape index (κ2) is 5.79. The zero-order chi connectivity index (χ0) is 14.8. The molecule has 2 aromatic heterocycles. The SMILES string of the molecule is CCc1csc(CNC(=O)c2ccc3sc(N)nc3c2)n1. The fraction of sp³-hybridized carbons (Fsp3) is 0.214. The topological polar surface area (TPSA) is 80.9 Å². The molecule has 0 saturated carbocycles. The van der Waals surface area contributed by atoms with Crippen molar-refractivity contribution >= 4 is 43.9 Å². The van der Waals surface area contributed by atoms with Crippen LogP contribution < -0.4 is 11.1 Å². The highest BCUT2D eigenvalue weighted by atomic mass is 32.1. The summed E-state index contributed by atoms with van der Waals surface area (Å²) in [7, 11) is 0. The van der Waals surface area contributed by atoms with Gasteiger partial charge in [-0.1, -0.05) is 18.3 Å². The average Bonchev–Trinajstić information content (AvgIpc) is 3.08. The van der Waals surface area contributed by atoms with E-state index < -0.39 is 0 Å². The molecule has 0 aliphatic heterocycles. The number of aromatic nitrogens is 2. The van der Waals surface area contributed by atoms with Gasteiger partial charge >= 0.3 is 0 Å². The number of aryl methyl sites for hydroxylation is 1. The number of nitrogens with one attached hydrogen (secondary N) is 1. The lowest BCUT2D eigenvalue weighted by molar-refractivity contribution is 0.0951. The summed E-state index contributed by atoms with van der Waals surface area (Å²) in [5.41, 5.74) is 8.07. The Bertz CT molecular complexity index is 793. The first kappa shape index (κ1) is 14.0. The predicted octanol–water partition coefficient (Wildman–Crippen LogP) is 2.83. The number of nitrogens with zero attached hydrogens (tertiary/aromatic N) is 2. The van der Waals surface area contributed by atoms with Crippen LogP contribution in [0.15, 0.2) is 23.6 Å². The molecule has 108 valence electrons. The van der Waals surface area contributed by atoms with Gasteiger partial charge in [0, 0.05) is 10.9 Å². The van der Waals surface area contributed by atoms with E-state index in [0.717, 1.165) is 27.3 Å². The number of hydrogen-bond donors (Lipinski definition) is 2. The van der Waals surface area contributed by atoms with Gasteiger partial charge in [0.25, 0.3) is 5.91 Å². The van der Waals surface area contributed by atoms with Crippen molar-refractivity contribution < 1.29 is 4.79 Å². The molecular weight excluding hydrogens is 304 g/mol. The summed E-state index contributed by atoms with van der Waals surface area (Å²) in [6.45, 7) is 2.51. The highest BCUT2D eigenvalue weighted by molar-refractivity contribution is 7.22. The number of hydrogen-bond acceptors (Lipinski definition) is 6. The van der Waals surface area contributed by atoms with Crippen LogP contribution in [0.5, 0.6) is 0 Å². The lowest BCUT2D eigenvalue weighted by Crippen LogP contribution is -2.22. The van der Waals surface area contributed by atoms with Crippen LogP contribution in [0.25, 0.3) is 10.2 Å². The normalized spacial score (nSPS) is 10.9. The maximum atomic E-state index is 12.2. The molecule has 3 N–H and O–H groups in total. The van der Waals surface area contributed by atoms with Gasteiger partial charge < -0.3 is 11.1 Å². The number of thiazole rings is 2. The van der Waals surface area contributed by atoms with Gasteiger partial charge in [0.1, 0.15) is 5.01 Å². The number of nitrogens with two attached hydrogens (primary N) is 1. The Labute approximate surface area is 129 Å². The average molecular weight is 318 g/mol. The number of rotatable bonds is 4. The summed E-state index contributed by atoms with van der Waals surface area (Å²) in [5, 5.41) is 6.32. The zero-order valence-corrected chi connectivity index (χ0v) is 13.1. The van der Waals surface area contributed by atoms with Crippen molar-refractivity contribution in [2.45, 2.75) is 19.9 Å². The Morgan fingerprint density at radius 2 is 2.24 bits per heavy atom. The molecular formula is C14H14N4OS2. The third-order valence-corrected chi connectivity index (χ3v) is 4.79. The minimum absolute atomic E-state index is 0.128. The number of amides is 1. The Morgan fingerprint density at radius 3 is 3.00 bits per heavy atom. The highest BCUT2D eigenvalue weighted by Crippen LogP contribution is 2.24. The molecule has 0 spiro atoms. The van der Waals surface area contributed by atoms with Crippen molar-refractivity contribution in [3.63, 3.8) is 0 Å². The van der Waals surface area contributed by atoms with E-state index in [0.29, 0.717) is 17.2 Å². The molecule has 0 atom stereocenters. The van der Waals surface area contributed by atoms with Crippen molar-refractivity contribution in [1.82, 2.24) is 15.3 Å². The number of nitrogen functional groups attached to an aromatic ring is 1. The molecule has 1 amide bonds. The lowest BCUT2D eigenvalue weighted by Gasteiger charge is -2.03. The molecule has 0 bridgehead atoms. The molecule has 0 aliphatic rings. The first-order chi connectivity index (χ1) is 10.2. The zero-order valence-electron chi connectivity index (χ0n) is 11.4. The largest absolute Gasteiger partial charge is 0.375 e. The van der Waals surface area contributed by atoms with Crippen LogP contribution in [0.4, 0.5) is 5.13 Å². The Balaban J connectivity index is 1.71. The van der Waals surface area contributed by atoms with E-state index in [4.69, 9.17) is 5.73 Å². The smallest absolute Gasteiger partial charge is 0.251 e. The maximum absolute atomic E-state index is 12.2. The molecule has 21 heavy (non-hydrogen) atoms. The fourth-order valence-corrected chi connectivity index (χ4v) is 3.47. The van der Waals surface area contributed by atoms with Crippen LogP contribution in [0, 0.1) is 0 Å². The van der Waals surface area contributed by atoms with Gasteiger partial charge in [-0.3, -0.25) is 4.79 Å². The van der Waals surface area contributed by atoms with Gasteiger partial charge in [0.2, 0.25) is 0 Å². The van der Waals surface area contributed by atoms with Crippen LogP contribution in [-0.4, -0.2) is 15.9 Å². The van der Waals surface area contributed by atoms with Crippen LogP contribution in [0.1, 0.15) is 28.0 Å². The van der Waals surface area contributed by atoms with Gasteiger partial charge in [-0.15, -0.1) is 11.3 Å². The van der Waals surface area contributed by atoms with E-state index in [1.165, 1.54) is 11.3 Å². The summed E-state index contributed by atoms with van der Waals surface area (Å²) in [5.74, 6) is -0.128. The summed E-state index contributed by atoms with van der Waals surface area (Å²) in [6.07, 6.45) is 0.909. The second-order valence-corrected chi connectivity index (χ2v) is 6.51.